The van der Waals surface area contributed by atoms with Gasteiger partial charge in [0.1, 0.15) is 0 Å². The minimum atomic E-state index is -1.87. The van der Waals surface area contributed by atoms with E-state index >= 15 is 0 Å². The standard InChI is InChI=1S/C32H30Br2Si/c1-17-11-27-19(3)25-9-7-23(33)13-21(25)15-29(27)31(17)35(5,6)32-18(2)12-28-20(4)26-10-8-24(34)14-22(26)16-30(28)32/h7-16,31-32H,1-6H3. The van der Waals surface area contributed by atoms with Crippen LogP contribution in [-0.4, -0.2) is 8.07 Å². The number of benzene rings is 4. The Labute approximate surface area is 226 Å². The van der Waals surface area contributed by atoms with Crippen molar-refractivity contribution in [2.45, 2.75) is 51.9 Å². The summed E-state index contributed by atoms with van der Waals surface area (Å²) >= 11 is 7.40. The first-order chi connectivity index (χ1) is 16.6. The Balaban J connectivity index is 1.55. The van der Waals surface area contributed by atoms with Crippen LogP contribution in [0.25, 0.3) is 33.7 Å². The molecular weight excluding hydrogens is 572 g/mol. The van der Waals surface area contributed by atoms with Crippen molar-refractivity contribution in [2.24, 2.45) is 0 Å². The number of aryl methyl sites for hydroxylation is 2. The molecule has 0 heterocycles. The molecule has 0 radical (unpaired) electrons. The highest BCUT2D eigenvalue weighted by Crippen LogP contribution is 2.54. The van der Waals surface area contributed by atoms with E-state index in [2.05, 4.69) is 133 Å². The third-order valence-electron chi connectivity index (χ3n) is 8.65. The first kappa shape index (κ1) is 23.5. The molecule has 0 spiro atoms. The van der Waals surface area contributed by atoms with Gasteiger partial charge in [0.05, 0.1) is 8.07 Å². The molecule has 2 unspecified atom stereocenters. The summed E-state index contributed by atoms with van der Waals surface area (Å²) in [5, 5.41) is 5.43. The van der Waals surface area contributed by atoms with Gasteiger partial charge in [-0.25, -0.2) is 0 Å². The van der Waals surface area contributed by atoms with Crippen molar-refractivity contribution in [3.05, 3.63) is 102 Å². The Morgan fingerprint density at radius 1 is 0.600 bits per heavy atom. The van der Waals surface area contributed by atoms with Crippen molar-refractivity contribution in [1.29, 1.82) is 0 Å². The van der Waals surface area contributed by atoms with Gasteiger partial charge in [0.2, 0.25) is 0 Å². The summed E-state index contributed by atoms with van der Waals surface area (Å²) in [5.74, 6) is 0. The Kier molecular flexibility index (Phi) is 5.38. The zero-order chi connectivity index (χ0) is 24.8. The summed E-state index contributed by atoms with van der Waals surface area (Å²) in [6.45, 7) is 14.6. The van der Waals surface area contributed by atoms with Gasteiger partial charge in [-0.15, -0.1) is 0 Å². The summed E-state index contributed by atoms with van der Waals surface area (Å²) in [6, 6.07) is 18.4. The van der Waals surface area contributed by atoms with Crippen LogP contribution >= 0.6 is 31.9 Å². The maximum absolute atomic E-state index is 3.70. The maximum atomic E-state index is 3.70. The molecule has 0 saturated carbocycles. The summed E-state index contributed by atoms with van der Waals surface area (Å²) in [7, 11) is -1.87. The highest BCUT2D eigenvalue weighted by Gasteiger charge is 2.47. The Bertz CT molecular complexity index is 1520. The molecule has 35 heavy (non-hydrogen) atoms. The van der Waals surface area contributed by atoms with Gasteiger partial charge in [0, 0.05) is 20.0 Å². The number of halogens is 2. The lowest BCUT2D eigenvalue weighted by molar-refractivity contribution is 0.969. The number of hydrogen-bond donors (Lipinski definition) is 0. The molecule has 4 aromatic rings. The van der Waals surface area contributed by atoms with E-state index in [0.717, 1.165) is 8.95 Å². The lowest BCUT2D eigenvalue weighted by Crippen LogP contribution is -2.42. The van der Waals surface area contributed by atoms with E-state index in [1.54, 1.807) is 11.1 Å². The van der Waals surface area contributed by atoms with E-state index < -0.39 is 8.07 Å². The second kappa shape index (κ2) is 8.03. The fraction of sp³-hybridized carbons (Fsp3) is 0.250. The van der Waals surface area contributed by atoms with Gasteiger partial charge in [-0.2, -0.15) is 0 Å². The van der Waals surface area contributed by atoms with Gasteiger partial charge >= 0.3 is 0 Å². The maximum Gasteiger partial charge on any atom is 0.0722 e. The van der Waals surface area contributed by atoms with E-state index in [0.29, 0.717) is 11.1 Å². The second-order valence-electron chi connectivity index (χ2n) is 11.2. The first-order valence-corrected chi connectivity index (χ1v) is 17.1. The van der Waals surface area contributed by atoms with E-state index in [1.165, 1.54) is 54.9 Å². The molecular formula is C32H30Br2Si. The van der Waals surface area contributed by atoms with Crippen molar-refractivity contribution in [3.8, 4) is 0 Å². The smallest absolute Gasteiger partial charge is 0.0679 e. The monoisotopic (exact) mass is 600 g/mol. The normalized spacial score (nSPS) is 19.2. The quantitative estimate of drug-likeness (QED) is 0.200. The van der Waals surface area contributed by atoms with Gasteiger partial charge in [-0.1, -0.05) is 92.5 Å². The van der Waals surface area contributed by atoms with E-state index in [1.807, 2.05) is 0 Å². The van der Waals surface area contributed by atoms with Crippen molar-refractivity contribution in [2.75, 3.05) is 0 Å². The zero-order valence-corrected chi connectivity index (χ0v) is 25.4. The molecule has 0 aliphatic heterocycles. The SMILES string of the molecule is CC1=Cc2c(cc3cc(Br)ccc3c2C)C1[Si](C)(C)C1C(C)=Cc2c1cc1cc(Br)ccc1c2C. The van der Waals surface area contributed by atoms with Gasteiger partial charge in [-0.05, 0) is 107 Å². The van der Waals surface area contributed by atoms with Crippen LogP contribution in [0.5, 0.6) is 0 Å². The molecule has 0 N–H and O–H groups in total. The van der Waals surface area contributed by atoms with Crippen molar-refractivity contribution >= 4 is 73.6 Å². The molecule has 0 aromatic heterocycles. The Morgan fingerprint density at radius 2 is 1.00 bits per heavy atom. The molecule has 2 aliphatic carbocycles. The molecule has 0 saturated heterocycles. The number of rotatable bonds is 2. The van der Waals surface area contributed by atoms with Crippen LogP contribution in [0.2, 0.25) is 13.1 Å². The molecule has 2 aliphatic rings. The van der Waals surface area contributed by atoms with Gasteiger partial charge < -0.3 is 0 Å². The predicted molar refractivity (Wildman–Crippen MR) is 163 cm³/mol. The molecule has 0 fully saturated rings. The topological polar surface area (TPSA) is 0 Å². The summed E-state index contributed by atoms with van der Waals surface area (Å²) in [5.41, 5.74) is 12.9. The highest BCUT2D eigenvalue weighted by molar-refractivity contribution is 9.10. The summed E-state index contributed by atoms with van der Waals surface area (Å²) in [4.78, 5) is 0. The molecule has 0 nitrogen and oxygen atoms in total. The largest absolute Gasteiger partial charge is 0.0722 e. The summed E-state index contributed by atoms with van der Waals surface area (Å²) < 4.78 is 2.30. The number of hydrogen-bond acceptors (Lipinski definition) is 0. The van der Waals surface area contributed by atoms with Crippen LogP contribution in [0, 0.1) is 13.8 Å². The van der Waals surface area contributed by atoms with Crippen LogP contribution in [0.1, 0.15) is 58.3 Å². The van der Waals surface area contributed by atoms with E-state index in [4.69, 9.17) is 0 Å². The lowest BCUT2D eigenvalue weighted by Gasteiger charge is -2.39. The second-order valence-corrected chi connectivity index (χ2v) is 17.8. The third kappa shape index (κ3) is 3.42. The van der Waals surface area contributed by atoms with Crippen molar-refractivity contribution in [1.82, 2.24) is 0 Å². The average molecular weight is 602 g/mol. The van der Waals surface area contributed by atoms with Crippen LogP contribution < -0.4 is 0 Å². The zero-order valence-electron chi connectivity index (χ0n) is 21.2. The minimum absolute atomic E-state index is 0.511. The molecule has 3 heteroatoms. The third-order valence-corrected chi connectivity index (χ3v) is 14.1. The molecule has 4 aromatic carbocycles. The lowest BCUT2D eigenvalue weighted by atomic mass is 9.96. The Morgan fingerprint density at radius 3 is 1.40 bits per heavy atom. The van der Waals surface area contributed by atoms with Crippen molar-refractivity contribution < 1.29 is 0 Å². The molecule has 2 atom stereocenters. The highest BCUT2D eigenvalue weighted by atomic mass is 79.9. The number of allylic oxidation sites excluding steroid dienone is 2. The molecule has 176 valence electrons. The van der Waals surface area contributed by atoms with Gasteiger partial charge in [-0.3, -0.25) is 0 Å². The predicted octanol–water partition coefficient (Wildman–Crippen LogP) is 10.6. The molecule has 6 rings (SSSR count). The summed E-state index contributed by atoms with van der Waals surface area (Å²) in [6.07, 6.45) is 4.98. The first-order valence-electron chi connectivity index (χ1n) is 12.4. The van der Waals surface area contributed by atoms with E-state index in [-0.39, 0.29) is 0 Å². The fourth-order valence-corrected chi connectivity index (χ4v) is 13.0. The molecule has 0 amide bonds. The van der Waals surface area contributed by atoms with Crippen LogP contribution in [0.4, 0.5) is 0 Å². The van der Waals surface area contributed by atoms with Gasteiger partial charge in [0.25, 0.3) is 0 Å². The van der Waals surface area contributed by atoms with Crippen LogP contribution in [0.15, 0.2) is 68.6 Å². The number of fused-ring (bicyclic) bond motifs is 4. The van der Waals surface area contributed by atoms with Crippen LogP contribution in [0.3, 0.4) is 0 Å². The average Bonchev–Trinajstić information content (AvgIpc) is 3.30. The van der Waals surface area contributed by atoms with E-state index in [9.17, 15) is 0 Å². The minimum Gasteiger partial charge on any atom is -0.0679 e. The van der Waals surface area contributed by atoms with Gasteiger partial charge in [0.15, 0.2) is 0 Å². The molecule has 0 bridgehead atoms. The van der Waals surface area contributed by atoms with Crippen molar-refractivity contribution in [3.63, 3.8) is 0 Å². The fourth-order valence-electron chi connectivity index (χ4n) is 7.32. The Hall–Kier alpha value is -1.94. The van der Waals surface area contributed by atoms with Crippen LogP contribution in [-0.2, 0) is 0 Å².